The maximum atomic E-state index is 10.1. The highest BCUT2D eigenvalue weighted by Gasteiger charge is 1.89. The summed E-state index contributed by atoms with van der Waals surface area (Å²) in [5.41, 5.74) is 1.19. The minimum Gasteiger partial charge on any atom is -0.303 e. The fourth-order valence-corrected chi connectivity index (χ4v) is 0.445. The molecule has 0 aliphatic heterocycles. The summed E-state index contributed by atoms with van der Waals surface area (Å²) in [5.74, 6) is 0.0369. The summed E-state index contributed by atoms with van der Waals surface area (Å²) in [4.78, 5) is 10.1. The Kier molecular flexibility index (Phi) is 4.55. The molecule has 0 radical (unpaired) electrons. The first-order valence-electron chi connectivity index (χ1n) is 3.47. The molecule has 0 amide bonds. The Labute approximate surface area is 62.4 Å². The zero-order chi connectivity index (χ0) is 7.98. The maximum Gasteiger partial charge on any atom is 0.126 e. The molecule has 0 aromatic heterocycles. The van der Waals surface area contributed by atoms with Crippen LogP contribution in [0, 0.1) is 5.92 Å². The van der Waals surface area contributed by atoms with Gasteiger partial charge in [-0.3, -0.25) is 0 Å². The Morgan fingerprint density at radius 3 is 2.50 bits per heavy atom. The minimum absolute atomic E-state index is 0.0369. The highest BCUT2D eigenvalue weighted by Crippen LogP contribution is 1.98. The van der Waals surface area contributed by atoms with Gasteiger partial charge in [0.25, 0.3) is 0 Å². The van der Waals surface area contributed by atoms with E-state index in [4.69, 9.17) is 0 Å². The quantitative estimate of drug-likeness (QED) is 0.432. The highest BCUT2D eigenvalue weighted by molar-refractivity contribution is 5.56. The predicted octanol–water partition coefficient (Wildman–Crippen LogP) is 2.34. The molecule has 0 rings (SSSR count). The summed E-state index contributed by atoms with van der Waals surface area (Å²) >= 11 is 0. The molecule has 0 spiro atoms. The van der Waals surface area contributed by atoms with Gasteiger partial charge in [-0.25, -0.2) is 0 Å². The summed E-state index contributed by atoms with van der Waals surface area (Å²) in [6.45, 7) is 5.85. The van der Waals surface area contributed by atoms with Crippen LogP contribution in [0.1, 0.15) is 20.8 Å². The van der Waals surface area contributed by atoms with E-state index in [0.717, 1.165) is 6.29 Å². The Bertz CT molecular complexity index is 154. The first-order chi connectivity index (χ1) is 4.70. The van der Waals surface area contributed by atoms with Crippen molar-refractivity contribution in [2.24, 2.45) is 5.92 Å². The van der Waals surface area contributed by atoms with Gasteiger partial charge >= 0.3 is 0 Å². The molecule has 0 heterocycles. The summed E-state index contributed by atoms with van der Waals surface area (Å²) in [7, 11) is 0. The molecule has 10 heavy (non-hydrogen) atoms. The minimum atomic E-state index is 0.0369. The number of hydrogen-bond acceptors (Lipinski definition) is 1. The molecule has 1 atom stereocenters. The summed E-state index contributed by atoms with van der Waals surface area (Å²) in [6, 6.07) is 0. The Morgan fingerprint density at radius 1 is 1.50 bits per heavy atom. The number of aldehydes is 1. The molecule has 1 nitrogen and oxygen atoms in total. The van der Waals surface area contributed by atoms with Gasteiger partial charge in [-0.15, -0.1) is 0 Å². The van der Waals surface area contributed by atoms with Crippen molar-refractivity contribution in [2.75, 3.05) is 0 Å². The number of carbonyl (C=O) groups is 1. The molecule has 1 unspecified atom stereocenters. The predicted molar refractivity (Wildman–Crippen MR) is 43.8 cm³/mol. The molecule has 0 aliphatic carbocycles. The molecule has 0 N–H and O–H groups in total. The van der Waals surface area contributed by atoms with E-state index >= 15 is 0 Å². The molecule has 0 aromatic carbocycles. The largest absolute Gasteiger partial charge is 0.303 e. The van der Waals surface area contributed by atoms with E-state index in [1.54, 1.807) is 0 Å². The molecular weight excluding hydrogens is 124 g/mol. The van der Waals surface area contributed by atoms with Crippen molar-refractivity contribution in [1.29, 1.82) is 0 Å². The van der Waals surface area contributed by atoms with Crippen LogP contribution in [-0.2, 0) is 4.79 Å². The van der Waals surface area contributed by atoms with E-state index in [1.807, 2.05) is 39.0 Å². The third kappa shape index (κ3) is 4.07. The Morgan fingerprint density at radius 2 is 2.10 bits per heavy atom. The van der Waals surface area contributed by atoms with Gasteiger partial charge < -0.3 is 4.79 Å². The fourth-order valence-electron chi connectivity index (χ4n) is 0.445. The van der Waals surface area contributed by atoms with Crippen LogP contribution in [0.4, 0.5) is 0 Å². The third-order valence-corrected chi connectivity index (χ3v) is 1.33. The molecule has 0 saturated carbocycles. The van der Waals surface area contributed by atoms with Crippen molar-refractivity contribution in [3.63, 3.8) is 0 Å². The smallest absolute Gasteiger partial charge is 0.126 e. The lowest BCUT2D eigenvalue weighted by atomic mass is 10.1. The van der Waals surface area contributed by atoms with E-state index in [1.165, 1.54) is 5.57 Å². The average molecular weight is 138 g/mol. The van der Waals surface area contributed by atoms with Gasteiger partial charge in [0.15, 0.2) is 0 Å². The summed E-state index contributed by atoms with van der Waals surface area (Å²) < 4.78 is 0. The fraction of sp³-hybridized carbons (Fsp3) is 0.444. The lowest BCUT2D eigenvalue weighted by Crippen LogP contribution is -1.88. The molecule has 1 heteroatoms. The average Bonchev–Trinajstić information content (AvgIpc) is 1.99. The van der Waals surface area contributed by atoms with Crippen molar-refractivity contribution >= 4 is 6.29 Å². The number of hydrogen-bond donors (Lipinski definition) is 0. The van der Waals surface area contributed by atoms with Gasteiger partial charge in [-0.1, -0.05) is 30.7 Å². The second kappa shape index (κ2) is 4.98. The number of carbonyl (C=O) groups excluding carboxylic acids is 1. The maximum absolute atomic E-state index is 10.1. The molecule has 0 aliphatic rings. The topological polar surface area (TPSA) is 17.1 Å². The van der Waals surface area contributed by atoms with E-state index in [0.29, 0.717) is 0 Å². The van der Waals surface area contributed by atoms with Gasteiger partial charge in [0.2, 0.25) is 0 Å². The SMILES string of the molecule is C/C=C(C)\C=C/C(C)C=O. The third-order valence-electron chi connectivity index (χ3n) is 1.33. The molecule has 0 bridgehead atoms. The van der Waals surface area contributed by atoms with Crippen molar-refractivity contribution in [1.82, 2.24) is 0 Å². The van der Waals surface area contributed by atoms with Gasteiger partial charge in [0.05, 0.1) is 0 Å². The highest BCUT2D eigenvalue weighted by atomic mass is 16.1. The van der Waals surface area contributed by atoms with Gasteiger partial charge in [0, 0.05) is 5.92 Å². The molecule has 0 aromatic rings. The lowest BCUT2D eigenvalue weighted by molar-refractivity contribution is -0.109. The summed E-state index contributed by atoms with van der Waals surface area (Å²) in [6.07, 6.45) is 6.79. The van der Waals surface area contributed by atoms with Crippen LogP contribution in [0.5, 0.6) is 0 Å². The molecule has 0 saturated heterocycles. The summed E-state index contributed by atoms with van der Waals surface area (Å²) in [5, 5.41) is 0. The lowest BCUT2D eigenvalue weighted by Gasteiger charge is -1.91. The van der Waals surface area contributed by atoms with Gasteiger partial charge in [0.1, 0.15) is 6.29 Å². The van der Waals surface area contributed by atoms with Crippen LogP contribution in [0.25, 0.3) is 0 Å². The van der Waals surface area contributed by atoms with Gasteiger partial charge in [-0.05, 0) is 13.8 Å². The van der Waals surface area contributed by atoms with Crippen molar-refractivity contribution in [3.05, 3.63) is 23.8 Å². The number of rotatable bonds is 3. The monoisotopic (exact) mass is 138 g/mol. The number of allylic oxidation sites excluding steroid dienone is 4. The van der Waals surface area contributed by atoms with Gasteiger partial charge in [-0.2, -0.15) is 0 Å². The van der Waals surface area contributed by atoms with Crippen molar-refractivity contribution < 1.29 is 4.79 Å². The normalized spacial score (nSPS) is 15.7. The standard InChI is InChI=1S/C9H14O/c1-4-8(2)5-6-9(3)7-10/h4-7,9H,1-3H3/b6-5-,8-4-. The van der Waals surface area contributed by atoms with Crippen LogP contribution in [-0.4, -0.2) is 6.29 Å². The first kappa shape index (κ1) is 9.15. The van der Waals surface area contributed by atoms with E-state index in [2.05, 4.69) is 0 Å². The van der Waals surface area contributed by atoms with Crippen LogP contribution in [0.15, 0.2) is 23.8 Å². The van der Waals surface area contributed by atoms with Crippen LogP contribution >= 0.6 is 0 Å². The van der Waals surface area contributed by atoms with Crippen molar-refractivity contribution in [2.45, 2.75) is 20.8 Å². The van der Waals surface area contributed by atoms with E-state index < -0.39 is 0 Å². The molecule has 56 valence electrons. The Balaban J connectivity index is 3.86. The molecule has 0 fully saturated rings. The first-order valence-corrected chi connectivity index (χ1v) is 3.47. The zero-order valence-electron chi connectivity index (χ0n) is 6.79. The molecular formula is C9H14O. The van der Waals surface area contributed by atoms with E-state index in [-0.39, 0.29) is 5.92 Å². The van der Waals surface area contributed by atoms with Crippen LogP contribution in [0.3, 0.4) is 0 Å². The van der Waals surface area contributed by atoms with Crippen molar-refractivity contribution in [3.8, 4) is 0 Å². The van der Waals surface area contributed by atoms with E-state index in [9.17, 15) is 4.79 Å². The zero-order valence-corrected chi connectivity index (χ0v) is 6.79. The van der Waals surface area contributed by atoms with Crippen LogP contribution in [0.2, 0.25) is 0 Å². The van der Waals surface area contributed by atoms with Crippen LogP contribution < -0.4 is 0 Å². The second-order valence-electron chi connectivity index (χ2n) is 2.39. The second-order valence-corrected chi connectivity index (χ2v) is 2.39. The Hall–Kier alpha value is -0.850.